The first-order valence-electron chi connectivity index (χ1n) is 6.92. The van der Waals surface area contributed by atoms with Crippen LogP contribution in [0.1, 0.15) is 32.3 Å². The standard InChI is InChI=1S/C14H16N8/c1-14(2,3)8-22-11(7-21-9-17-19-20-21)4-10-6-16-12(5-15)18-13(10)22/h4,6,9H,7-8H2,1-3H3. The number of nitriles is 1. The van der Waals surface area contributed by atoms with Gasteiger partial charge < -0.3 is 4.57 Å². The fourth-order valence-corrected chi connectivity index (χ4v) is 2.35. The SMILES string of the molecule is CC(C)(C)Cn1c(Cn2cnnn2)cc2cnc(C#N)nc21. The van der Waals surface area contributed by atoms with Crippen molar-refractivity contribution in [2.24, 2.45) is 5.41 Å². The van der Waals surface area contributed by atoms with E-state index in [1.165, 1.54) is 0 Å². The number of hydrogen-bond acceptors (Lipinski definition) is 6. The molecule has 0 fully saturated rings. The molecular formula is C14H16N8. The van der Waals surface area contributed by atoms with E-state index in [1.54, 1.807) is 17.2 Å². The van der Waals surface area contributed by atoms with Crippen LogP contribution in [0.5, 0.6) is 0 Å². The van der Waals surface area contributed by atoms with Crippen molar-refractivity contribution in [2.45, 2.75) is 33.9 Å². The second-order valence-corrected chi connectivity index (χ2v) is 6.37. The number of tetrazole rings is 1. The Morgan fingerprint density at radius 3 is 2.77 bits per heavy atom. The summed E-state index contributed by atoms with van der Waals surface area (Å²) in [6.07, 6.45) is 3.26. The van der Waals surface area contributed by atoms with Crippen LogP contribution < -0.4 is 0 Å². The predicted molar refractivity (Wildman–Crippen MR) is 78.6 cm³/mol. The average Bonchev–Trinajstić information content (AvgIpc) is 3.07. The number of rotatable bonds is 3. The van der Waals surface area contributed by atoms with Gasteiger partial charge >= 0.3 is 0 Å². The van der Waals surface area contributed by atoms with Crippen molar-refractivity contribution < 1.29 is 0 Å². The van der Waals surface area contributed by atoms with Crippen LogP contribution in [0, 0.1) is 16.7 Å². The summed E-state index contributed by atoms with van der Waals surface area (Å²) in [6, 6.07) is 4.01. The van der Waals surface area contributed by atoms with E-state index < -0.39 is 0 Å². The second kappa shape index (κ2) is 5.18. The van der Waals surface area contributed by atoms with Crippen molar-refractivity contribution in [2.75, 3.05) is 0 Å². The van der Waals surface area contributed by atoms with Crippen LogP contribution in [0.4, 0.5) is 0 Å². The van der Waals surface area contributed by atoms with E-state index in [2.05, 4.69) is 50.8 Å². The Bertz CT molecular complexity index is 832. The number of aromatic nitrogens is 7. The van der Waals surface area contributed by atoms with Gasteiger partial charge in [-0.1, -0.05) is 20.8 Å². The van der Waals surface area contributed by atoms with Gasteiger partial charge in [-0.15, -0.1) is 5.10 Å². The molecule has 8 heteroatoms. The molecule has 0 unspecified atom stereocenters. The maximum absolute atomic E-state index is 9.02. The van der Waals surface area contributed by atoms with Crippen molar-refractivity contribution in [3.63, 3.8) is 0 Å². The normalized spacial score (nSPS) is 11.7. The Hall–Kier alpha value is -2.82. The quantitative estimate of drug-likeness (QED) is 0.724. The lowest BCUT2D eigenvalue weighted by molar-refractivity contribution is 0.341. The van der Waals surface area contributed by atoms with Gasteiger partial charge in [-0.05, 0) is 21.9 Å². The highest BCUT2D eigenvalue weighted by molar-refractivity contribution is 5.77. The Labute approximate surface area is 127 Å². The zero-order chi connectivity index (χ0) is 15.7. The van der Waals surface area contributed by atoms with Crippen LogP contribution in [0.3, 0.4) is 0 Å². The summed E-state index contributed by atoms with van der Waals surface area (Å²) in [4.78, 5) is 8.40. The number of nitrogens with zero attached hydrogens (tertiary/aromatic N) is 8. The van der Waals surface area contributed by atoms with E-state index in [-0.39, 0.29) is 11.2 Å². The van der Waals surface area contributed by atoms with E-state index in [4.69, 9.17) is 5.26 Å². The van der Waals surface area contributed by atoms with Crippen LogP contribution in [0.15, 0.2) is 18.6 Å². The molecule has 3 aromatic heterocycles. The molecule has 0 aliphatic heterocycles. The average molecular weight is 296 g/mol. The van der Waals surface area contributed by atoms with Gasteiger partial charge in [-0.3, -0.25) is 0 Å². The molecular weight excluding hydrogens is 280 g/mol. The van der Waals surface area contributed by atoms with Crippen LogP contribution in [0.25, 0.3) is 11.0 Å². The lowest BCUT2D eigenvalue weighted by atomic mass is 9.97. The fraction of sp³-hybridized carbons (Fsp3) is 0.429. The molecule has 112 valence electrons. The summed E-state index contributed by atoms with van der Waals surface area (Å²) < 4.78 is 3.77. The summed E-state index contributed by atoms with van der Waals surface area (Å²) in [7, 11) is 0. The van der Waals surface area contributed by atoms with Crippen LogP contribution in [-0.4, -0.2) is 34.7 Å². The monoisotopic (exact) mass is 296 g/mol. The van der Waals surface area contributed by atoms with Gasteiger partial charge in [0.05, 0.1) is 6.54 Å². The minimum absolute atomic E-state index is 0.0685. The first-order valence-corrected chi connectivity index (χ1v) is 6.92. The third-order valence-corrected chi connectivity index (χ3v) is 3.17. The van der Waals surface area contributed by atoms with Crippen molar-refractivity contribution in [3.05, 3.63) is 30.1 Å². The first-order chi connectivity index (χ1) is 10.5. The molecule has 8 nitrogen and oxygen atoms in total. The molecule has 0 saturated heterocycles. The van der Waals surface area contributed by atoms with Crippen molar-refractivity contribution >= 4 is 11.0 Å². The van der Waals surface area contributed by atoms with E-state index in [1.807, 2.05) is 12.1 Å². The van der Waals surface area contributed by atoms with E-state index in [9.17, 15) is 0 Å². The minimum atomic E-state index is 0.0685. The zero-order valence-electron chi connectivity index (χ0n) is 12.7. The van der Waals surface area contributed by atoms with Crippen molar-refractivity contribution in [3.8, 4) is 6.07 Å². The molecule has 3 heterocycles. The van der Waals surface area contributed by atoms with Gasteiger partial charge in [0.2, 0.25) is 5.82 Å². The highest BCUT2D eigenvalue weighted by Crippen LogP contribution is 2.24. The van der Waals surface area contributed by atoms with E-state index in [0.29, 0.717) is 6.54 Å². The largest absolute Gasteiger partial charge is 0.327 e. The Balaban J connectivity index is 2.13. The third-order valence-electron chi connectivity index (χ3n) is 3.17. The topological polar surface area (TPSA) is 98.1 Å². The number of hydrogen-bond donors (Lipinski definition) is 0. The maximum Gasteiger partial charge on any atom is 0.234 e. The van der Waals surface area contributed by atoms with Gasteiger partial charge in [0.15, 0.2) is 0 Å². The molecule has 0 aliphatic carbocycles. The highest BCUT2D eigenvalue weighted by atomic mass is 15.5. The molecule has 0 N–H and O–H groups in total. The molecule has 0 aromatic carbocycles. The summed E-state index contributed by atoms with van der Waals surface area (Å²) >= 11 is 0. The van der Waals surface area contributed by atoms with Crippen LogP contribution in [-0.2, 0) is 13.1 Å². The first kappa shape index (κ1) is 14.1. The molecule has 0 bridgehead atoms. The summed E-state index contributed by atoms with van der Waals surface area (Å²) in [5.41, 5.74) is 1.87. The molecule has 22 heavy (non-hydrogen) atoms. The van der Waals surface area contributed by atoms with Crippen LogP contribution in [0.2, 0.25) is 0 Å². The van der Waals surface area contributed by atoms with E-state index in [0.717, 1.165) is 23.3 Å². The van der Waals surface area contributed by atoms with Crippen molar-refractivity contribution in [1.29, 1.82) is 5.26 Å². The van der Waals surface area contributed by atoms with Crippen LogP contribution >= 0.6 is 0 Å². The Kier molecular flexibility index (Phi) is 3.33. The molecule has 0 radical (unpaired) electrons. The number of fused-ring (bicyclic) bond motifs is 1. The summed E-state index contributed by atoms with van der Waals surface area (Å²) in [6.45, 7) is 7.79. The molecule has 0 saturated carbocycles. The fourth-order valence-electron chi connectivity index (χ4n) is 2.35. The van der Waals surface area contributed by atoms with Gasteiger partial charge in [0.1, 0.15) is 18.0 Å². The Morgan fingerprint density at radius 1 is 1.32 bits per heavy atom. The molecule has 0 aliphatic rings. The van der Waals surface area contributed by atoms with Gasteiger partial charge in [-0.25, -0.2) is 14.6 Å². The van der Waals surface area contributed by atoms with E-state index >= 15 is 0 Å². The summed E-state index contributed by atoms with van der Waals surface area (Å²) in [5.74, 6) is 0.176. The van der Waals surface area contributed by atoms with Gasteiger partial charge in [-0.2, -0.15) is 5.26 Å². The minimum Gasteiger partial charge on any atom is -0.327 e. The molecule has 0 spiro atoms. The predicted octanol–water partition coefficient (Wildman–Crippen LogP) is 1.38. The maximum atomic E-state index is 9.02. The summed E-state index contributed by atoms with van der Waals surface area (Å²) in [5, 5.41) is 21.1. The lowest BCUT2D eigenvalue weighted by Gasteiger charge is -2.21. The molecule has 3 aromatic rings. The highest BCUT2D eigenvalue weighted by Gasteiger charge is 2.18. The molecule has 0 amide bonds. The molecule has 0 atom stereocenters. The van der Waals surface area contributed by atoms with Gasteiger partial charge in [0, 0.05) is 23.8 Å². The smallest absolute Gasteiger partial charge is 0.234 e. The third kappa shape index (κ3) is 2.79. The van der Waals surface area contributed by atoms with Crippen molar-refractivity contribution in [1.82, 2.24) is 34.7 Å². The lowest BCUT2D eigenvalue weighted by Crippen LogP contribution is -2.19. The molecule has 3 rings (SSSR count). The second-order valence-electron chi connectivity index (χ2n) is 6.37. The zero-order valence-corrected chi connectivity index (χ0v) is 12.7. The van der Waals surface area contributed by atoms with Gasteiger partial charge in [0.25, 0.3) is 0 Å². The Morgan fingerprint density at radius 2 is 2.14 bits per heavy atom.